The van der Waals surface area contributed by atoms with Crippen molar-refractivity contribution in [2.75, 3.05) is 43.0 Å². The second kappa shape index (κ2) is 23.3. The molecule has 0 aromatic heterocycles. The van der Waals surface area contributed by atoms with Crippen molar-refractivity contribution in [3.63, 3.8) is 0 Å². The molecule has 0 bridgehead atoms. The van der Waals surface area contributed by atoms with E-state index in [1.54, 1.807) is 0 Å². The highest BCUT2D eigenvalue weighted by Gasteiger charge is 2.25. The highest BCUT2D eigenvalue weighted by molar-refractivity contribution is 7.94. The van der Waals surface area contributed by atoms with E-state index >= 15 is 0 Å². The number of ether oxygens (including phenoxy) is 1. The number of azo groups is 2. The van der Waals surface area contributed by atoms with Gasteiger partial charge in [0.2, 0.25) is 0 Å². The summed E-state index contributed by atoms with van der Waals surface area (Å²) >= 11 is 0.421. The Kier molecular flexibility index (Phi) is 19.1. The quantitative estimate of drug-likeness (QED) is 0.00965. The number of anilines is 1. The summed E-state index contributed by atoms with van der Waals surface area (Å²) < 4.78 is 147. The predicted octanol–water partition coefficient (Wildman–Crippen LogP) is 5.87. The second-order valence-corrected chi connectivity index (χ2v) is 20.1. The number of fused-ring (bicyclic) bond motifs is 1. The van der Waals surface area contributed by atoms with Crippen molar-refractivity contribution < 1.29 is 105 Å². The van der Waals surface area contributed by atoms with Crippen molar-refractivity contribution in [2.45, 2.75) is 19.6 Å². The van der Waals surface area contributed by atoms with Gasteiger partial charge in [-0.1, -0.05) is 15.1 Å². The third-order valence-corrected chi connectivity index (χ3v) is 13.6. The first-order valence-electron chi connectivity index (χ1n) is 16.0. The highest BCUT2D eigenvalue weighted by Crippen LogP contribution is 2.49. The van der Waals surface area contributed by atoms with Gasteiger partial charge >= 0.3 is 0 Å². The van der Waals surface area contributed by atoms with Crippen LogP contribution in [0.2, 0.25) is 0 Å². The van der Waals surface area contributed by atoms with Gasteiger partial charge in [0, 0.05) is 10.8 Å². The summed E-state index contributed by atoms with van der Waals surface area (Å²) in [7, 11) is -17.0. The Labute approximate surface area is 368 Å². The first kappa shape index (κ1) is 51.7. The van der Waals surface area contributed by atoms with Crippen molar-refractivity contribution >= 4 is 116 Å². The highest BCUT2D eigenvalue weighted by atomic mass is 32.2. The topological polar surface area (TPSA) is 402 Å². The number of nitrogens with one attached hydrogen (secondary N) is 1. The zero-order valence-corrected chi connectivity index (χ0v) is 36.7. The summed E-state index contributed by atoms with van der Waals surface area (Å²) in [5.41, 5.74) is -1.85. The Hall–Kier alpha value is -3.93. The van der Waals surface area contributed by atoms with Crippen LogP contribution < -0.4 is 10.1 Å². The third kappa shape index (κ3) is 14.8. The SMILES string of the molecule is COc1ccc(S(=O)(=O)CCOSOOO)cc1/N=N/c1c(NCS(=O)(=O)O)ccc2c(O)c(/N=N/c3ccc(S(=O)(=O)CCOSOOO)cc3S(=O)(=O)O)c(SOOO)cc12. The molecule has 0 atom stereocenters. The van der Waals surface area contributed by atoms with E-state index < -0.39 is 97.4 Å². The van der Waals surface area contributed by atoms with Crippen LogP contribution in [0.25, 0.3) is 10.8 Å². The van der Waals surface area contributed by atoms with Gasteiger partial charge in [-0.2, -0.15) is 16.8 Å². The van der Waals surface area contributed by atoms with E-state index in [4.69, 9.17) is 28.9 Å². The molecular formula is C28H29N5O23S7. The van der Waals surface area contributed by atoms with Gasteiger partial charge < -0.3 is 15.2 Å². The van der Waals surface area contributed by atoms with E-state index in [0.29, 0.717) is 6.07 Å². The zero-order chi connectivity index (χ0) is 46.4. The number of hydrogen-bond donors (Lipinski definition) is 7. The van der Waals surface area contributed by atoms with E-state index in [9.17, 15) is 47.9 Å². The lowest BCUT2D eigenvalue weighted by atomic mass is 10.1. The molecule has 0 aliphatic heterocycles. The van der Waals surface area contributed by atoms with Crippen LogP contribution in [0.15, 0.2) is 94.6 Å². The van der Waals surface area contributed by atoms with Crippen molar-refractivity contribution in [3.05, 3.63) is 54.6 Å². The Morgan fingerprint density at radius 3 is 1.79 bits per heavy atom. The largest absolute Gasteiger partial charge is 0.505 e. The molecule has 0 aliphatic rings. The maximum Gasteiger partial charge on any atom is 0.296 e. The molecule has 35 heteroatoms. The molecule has 0 fully saturated rings. The van der Waals surface area contributed by atoms with Crippen molar-refractivity contribution in [1.82, 2.24) is 0 Å². The fourth-order valence-corrected chi connectivity index (χ4v) is 9.22. The van der Waals surface area contributed by atoms with Gasteiger partial charge in [-0.3, -0.25) is 17.5 Å². The number of rotatable bonds is 26. The number of methoxy groups -OCH3 is 1. The number of phenolic OH excluding ortho intramolecular Hbond substituents is 1. The Bertz CT molecular complexity index is 2760. The molecule has 0 heterocycles. The summed E-state index contributed by atoms with van der Waals surface area (Å²) in [4.78, 5) is -2.26. The zero-order valence-electron chi connectivity index (χ0n) is 31.0. The molecule has 0 unspecified atom stereocenters. The molecule has 4 rings (SSSR count). The van der Waals surface area contributed by atoms with Gasteiger partial charge in [0.05, 0.1) is 64.2 Å². The minimum Gasteiger partial charge on any atom is -0.505 e. The number of aromatic hydroxyl groups is 1. The minimum atomic E-state index is -5.22. The summed E-state index contributed by atoms with van der Waals surface area (Å²) in [6.45, 7) is -0.964. The van der Waals surface area contributed by atoms with Crippen molar-refractivity contribution in [3.8, 4) is 11.5 Å². The van der Waals surface area contributed by atoms with Crippen molar-refractivity contribution in [2.24, 2.45) is 20.5 Å². The number of benzene rings is 4. The lowest BCUT2D eigenvalue weighted by molar-refractivity contribution is -0.434. The normalized spacial score (nSPS) is 12.8. The lowest BCUT2D eigenvalue weighted by Crippen LogP contribution is -2.13. The maximum absolute atomic E-state index is 13.0. The lowest BCUT2D eigenvalue weighted by Gasteiger charge is -2.14. The molecule has 0 amide bonds. The maximum atomic E-state index is 13.0. The van der Waals surface area contributed by atoms with Crippen LogP contribution in [0.5, 0.6) is 11.5 Å². The van der Waals surface area contributed by atoms with Gasteiger partial charge in [0.1, 0.15) is 39.3 Å². The fourth-order valence-electron chi connectivity index (χ4n) is 4.82. The Morgan fingerprint density at radius 1 is 0.651 bits per heavy atom. The minimum absolute atomic E-state index is 0.0103. The first-order valence-corrected chi connectivity index (χ1v) is 24.5. The van der Waals surface area contributed by atoms with E-state index in [1.165, 1.54) is 31.4 Å². The molecule has 63 heavy (non-hydrogen) atoms. The summed E-state index contributed by atoms with van der Waals surface area (Å²) in [5.74, 6) is -3.20. The predicted molar refractivity (Wildman–Crippen MR) is 215 cm³/mol. The van der Waals surface area contributed by atoms with Gasteiger partial charge in [-0.15, -0.1) is 33.5 Å². The summed E-state index contributed by atoms with van der Waals surface area (Å²) in [5, 5.41) is 65.2. The fraction of sp³-hybridized carbons (Fsp3) is 0.214. The molecule has 4 aromatic rings. The summed E-state index contributed by atoms with van der Waals surface area (Å²) in [6.07, 6.45) is 0. The number of hydrogen-bond acceptors (Lipinski definition) is 29. The molecule has 4 aromatic carbocycles. The van der Waals surface area contributed by atoms with Gasteiger partial charge in [-0.05, 0) is 54.6 Å². The van der Waals surface area contributed by atoms with E-state index in [-0.39, 0.29) is 80.1 Å². The average molecular weight is 1030 g/mol. The molecule has 28 nitrogen and oxygen atoms in total. The third-order valence-electron chi connectivity index (χ3n) is 7.48. The van der Waals surface area contributed by atoms with Crippen LogP contribution in [0.4, 0.5) is 28.4 Å². The van der Waals surface area contributed by atoms with Gasteiger partial charge in [0.25, 0.3) is 20.2 Å². The molecule has 346 valence electrons. The van der Waals surface area contributed by atoms with E-state index in [2.05, 4.69) is 53.9 Å². The Morgan fingerprint density at radius 2 is 1.22 bits per heavy atom. The standard InChI is InChI=1S/C28H29N5O23S7/c1-48-23-7-3-16(60(38,39)10-8-49-58-55-52-36)12-22(23)31-32-26-19-14-24(57-54-51-35)27(28(34)18(19)4-6-21(26)29-15-62(42,43)44)33-30-20-5-2-17(13-25(20)63(45,46)47)61(40,41)11-9-50-59-56-53-37/h2-7,12-14,29,34-37H,8-11,15H2,1H3,(H,42,43,44)(H,45,46,47)/b32-31+,33-30+. The van der Waals surface area contributed by atoms with Gasteiger partial charge in [0.15, 0.2) is 50.1 Å². The summed E-state index contributed by atoms with van der Waals surface area (Å²) in [6, 6.07) is 9.36. The van der Waals surface area contributed by atoms with Crippen LogP contribution in [0.1, 0.15) is 0 Å². The van der Waals surface area contributed by atoms with Gasteiger partial charge in [-0.25, -0.2) is 32.6 Å². The molecule has 7 N–H and O–H groups in total. The van der Waals surface area contributed by atoms with Crippen LogP contribution in [0.3, 0.4) is 0 Å². The number of sulfone groups is 2. The second-order valence-electron chi connectivity index (χ2n) is 11.3. The smallest absolute Gasteiger partial charge is 0.296 e. The average Bonchev–Trinajstić information content (AvgIpc) is 3.23. The van der Waals surface area contributed by atoms with Crippen LogP contribution >= 0.6 is 36.7 Å². The molecule has 0 spiro atoms. The molecular weight excluding hydrogens is 999 g/mol. The van der Waals surface area contributed by atoms with Crippen LogP contribution in [-0.4, -0.2) is 101 Å². The molecule has 0 saturated heterocycles. The Balaban J connectivity index is 1.86. The molecule has 0 saturated carbocycles. The van der Waals surface area contributed by atoms with E-state index in [0.717, 1.165) is 24.3 Å². The number of phenols is 1. The van der Waals surface area contributed by atoms with Crippen LogP contribution in [-0.2, 0) is 76.4 Å². The number of nitrogens with zero attached hydrogens (tertiary/aromatic N) is 4. The van der Waals surface area contributed by atoms with E-state index in [1.807, 2.05) is 0 Å². The monoisotopic (exact) mass is 1030 g/mol. The van der Waals surface area contributed by atoms with Crippen LogP contribution in [0, 0.1) is 0 Å². The molecule has 0 radical (unpaired) electrons. The first-order chi connectivity index (χ1) is 29.8. The van der Waals surface area contributed by atoms with Crippen molar-refractivity contribution in [1.29, 1.82) is 0 Å². The molecule has 0 aliphatic carbocycles.